The SMILES string of the molecule is CCCCc1nc2ccc(C)cc2nc1C. The lowest BCUT2D eigenvalue weighted by molar-refractivity contribution is 0.769. The average molecular weight is 214 g/mol. The fourth-order valence-corrected chi connectivity index (χ4v) is 1.87. The van der Waals surface area contributed by atoms with Crippen molar-refractivity contribution in [3.63, 3.8) is 0 Å². The van der Waals surface area contributed by atoms with Crippen LogP contribution >= 0.6 is 0 Å². The van der Waals surface area contributed by atoms with Gasteiger partial charge >= 0.3 is 0 Å². The van der Waals surface area contributed by atoms with Crippen LogP contribution in [-0.2, 0) is 6.42 Å². The lowest BCUT2D eigenvalue weighted by Crippen LogP contribution is -1.98. The summed E-state index contributed by atoms with van der Waals surface area (Å²) < 4.78 is 0. The third-order valence-electron chi connectivity index (χ3n) is 2.86. The molecule has 0 fully saturated rings. The monoisotopic (exact) mass is 214 g/mol. The highest BCUT2D eigenvalue weighted by Crippen LogP contribution is 2.15. The summed E-state index contributed by atoms with van der Waals surface area (Å²) in [7, 11) is 0. The van der Waals surface area contributed by atoms with Crippen molar-refractivity contribution in [1.82, 2.24) is 9.97 Å². The van der Waals surface area contributed by atoms with Gasteiger partial charge < -0.3 is 0 Å². The molecule has 2 heteroatoms. The Morgan fingerprint density at radius 2 is 1.88 bits per heavy atom. The van der Waals surface area contributed by atoms with Crippen LogP contribution in [0.2, 0.25) is 0 Å². The molecule has 84 valence electrons. The van der Waals surface area contributed by atoms with Gasteiger partial charge in [-0.3, -0.25) is 0 Å². The Hall–Kier alpha value is -1.44. The Labute approximate surface area is 96.7 Å². The van der Waals surface area contributed by atoms with Crippen molar-refractivity contribution in [2.75, 3.05) is 0 Å². The van der Waals surface area contributed by atoms with E-state index in [1.807, 2.05) is 0 Å². The number of hydrogen-bond donors (Lipinski definition) is 0. The van der Waals surface area contributed by atoms with Gasteiger partial charge in [-0.25, -0.2) is 9.97 Å². The first-order valence-electron chi connectivity index (χ1n) is 5.94. The number of hydrogen-bond acceptors (Lipinski definition) is 2. The fourth-order valence-electron chi connectivity index (χ4n) is 1.87. The van der Waals surface area contributed by atoms with Gasteiger partial charge in [-0.1, -0.05) is 19.4 Å². The van der Waals surface area contributed by atoms with E-state index in [-0.39, 0.29) is 0 Å². The quantitative estimate of drug-likeness (QED) is 0.780. The Balaban J connectivity index is 2.45. The van der Waals surface area contributed by atoms with Crippen LogP contribution in [0.3, 0.4) is 0 Å². The third kappa shape index (κ3) is 2.21. The van der Waals surface area contributed by atoms with Crippen LogP contribution in [-0.4, -0.2) is 9.97 Å². The van der Waals surface area contributed by atoms with Gasteiger partial charge in [0.2, 0.25) is 0 Å². The van der Waals surface area contributed by atoms with Crippen LogP contribution in [0, 0.1) is 13.8 Å². The Bertz CT molecular complexity index is 503. The number of unbranched alkanes of at least 4 members (excludes halogenated alkanes) is 1. The molecule has 0 aliphatic carbocycles. The molecule has 0 aliphatic rings. The van der Waals surface area contributed by atoms with Crippen LogP contribution in [0.1, 0.15) is 36.7 Å². The number of fused-ring (bicyclic) bond motifs is 1. The van der Waals surface area contributed by atoms with Crippen molar-refractivity contribution in [3.05, 3.63) is 35.2 Å². The average Bonchev–Trinajstić information content (AvgIpc) is 2.26. The molecule has 0 spiro atoms. The highest BCUT2D eigenvalue weighted by molar-refractivity contribution is 5.75. The van der Waals surface area contributed by atoms with Crippen molar-refractivity contribution in [1.29, 1.82) is 0 Å². The maximum Gasteiger partial charge on any atom is 0.0892 e. The van der Waals surface area contributed by atoms with Gasteiger partial charge in [0, 0.05) is 0 Å². The molecule has 0 saturated carbocycles. The van der Waals surface area contributed by atoms with Gasteiger partial charge in [0.05, 0.1) is 22.4 Å². The molecule has 0 bridgehead atoms. The minimum Gasteiger partial charge on any atom is -0.250 e. The summed E-state index contributed by atoms with van der Waals surface area (Å²) in [6, 6.07) is 6.25. The second-order valence-corrected chi connectivity index (χ2v) is 4.35. The second-order valence-electron chi connectivity index (χ2n) is 4.35. The largest absolute Gasteiger partial charge is 0.250 e. The summed E-state index contributed by atoms with van der Waals surface area (Å²) in [6.45, 7) is 6.34. The van der Waals surface area contributed by atoms with Crippen molar-refractivity contribution in [3.8, 4) is 0 Å². The predicted octanol–water partition coefficient (Wildman–Crippen LogP) is 3.59. The lowest BCUT2D eigenvalue weighted by Gasteiger charge is -2.06. The standard InChI is InChI=1S/C14H18N2/c1-4-5-6-12-11(3)15-14-9-10(2)7-8-13(14)16-12/h7-9H,4-6H2,1-3H3. The van der Waals surface area contributed by atoms with Crippen molar-refractivity contribution in [2.24, 2.45) is 0 Å². The van der Waals surface area contributed by atoms with Gasteiger partial charge in [0.1, 0.15) is 0 Å². The van der Waals surface area contributed by atoms with Crippen LogP contribution in [0.15, 0.2) is 18.2 Å². The summed E-state index contributed by atoms with van der Waals surface area (Å²) in [4.78, 5) is 9.32. The van der Waals surface area contributed by atoms with Gasteiger partial charge in [-0.05, 0) is 44.4 Å². The first kappa shape index (κ1) is 11.1. The molecule has 2 aromatic rings. The maximum absolute atomic E-state index is 4.69. The Kier molecular flexibility index (Phi) is 3.18. The fraction of sp³-hybridized carbons (Fsp3) is 0.429. The molecular weight excluding hydrogens is 196 g/mol. The molecule has 1 aromatic heterocycles. The number of rotatable bonds is 3. The summed E-state index contributed by atoms with van der Waals surface area (Å²) in [5.74, 6) is 0. The van der Waals surface area contributed by atoms with E-state index in [0.29, 0.717) is 0 Å². The number of benzene rings is 1. The van der Waals surface area contributed by atoms with E-state index in [1.165, 1.54) is 18.4 Å². The summed E-state index contributed by atoms with van der Waals surface area (Å²) >= 11 is 0. The molecule has 0 aliphatic heterocycles. The molecule has 0 N–H and O–H groups in total. The Morgan fingerprint density at radius 3 is 2.62 bits per heavy atom. The molecule has 2 rings (SSSR count). The zero-order chi connectivity index (χ0) is 11.5. The summed E-state index contributed by atoms with van der Waals surface area (Å²) in [5, 5.41) is 0. The van der Waals surface area contributed by atoms with Gasteiger partial charge in [0.25, 0.3) is 0 Å². The lowest BCUT2D eigenvalue weighted by atomic mass is 10.1. The van der Waals surface area contributed by atoms with Crippen LogP contribution < -0.4 is 0 Å². The van der Waals surface area contributed by atoms with Crippen molar-refractivity contribution >= 4 is 11.0 Å². The first-order valence-corrected chi connectivity index (χ1v) is 5.94. The normalized spacial score (nSPS) is 10.9. The maximum atomic E-state index is 4.69. The van der Waals surface area contributed by atoms with Crippen LogP contribution in [0.5, 0.6) is 0 Å². The Morgan fingerprint density at radius 1 is 1.06 bits per heavy atom. The van der Waals surface area contributed by atoms with Crippen molar-refractivity contribution < 1.29 is 0 Å². The molecule has 1 heterocycles. The predicted molar refractivity (Wildman–Crippen MR) is 67.6 cm³/mol. The van der Waals surface area contributed by atoms with E-state index in [9.17, 15) is 0 Å². The van der Waals surface area contributed by atoms with Gasteiger partial charge in [0.15, 0.2) is 0 Å². The summed E-state index contributed by atoms with van der Waals surface area (Å²) in [5.41, 5.74) is 5.49. The van der Waals surface area contributed by atoms with Crippen LogP contribution in [0.25, 0.3) is 11.0 Å². The van der Waals surface area contributed by atoms with E-state index < -0.39 is 0 Å². The zero-order valence-electron chi connectivity index (χ0n) is 10.2. The summed E-state index contributed by atoms with van der Waals surface area (Å²) in [6.07, 6.45) is 3.43. The molecule has 0 unspecified atom stereocenters. The molecule has 0 saturated heterocycles. The third-order valence-corrected chi connectivity index (χ3v) is 2.86. The minimum absolute atomic E-state index is 1.01. The zero-order valence-corrected chi connectivity index (χ0v) is 10.2. The minimum atomic E-state index is 1.01. The number of aromatic nitrogens is 2. The molecule has 0 radical (unpaired) electrons. The molecule has 2 nitrogen and oxygen atoms in total. The highest BCUT2D eigenvalue weighted by Gasteiger charge is 2.04. The van der Waals surface area contributed by atoms with Crippen LogP contribution in [0.4, 0.5) is 0 Å². The van der Waals surface area contributed by atoms with Gasteiger partial charge in [-0.2, -0.15) is 0 Å². The van der Waals surface area contributed by atoms with E-state index in [0.717, 1.165) is 28.8 Å². The molecule has 0 atom stereocenters. The van der Waals surface area contributed by atoms with E-state index in [1.54, 1.807) is 0 Å². The van der Waals surface area contributed by atoms with Crippen molar-refractivity contribution in [2.45, 2.75) is 40.0 Å². The first-order chi connectivity index (χ1) is 7.70. The van der Waals surface area contributed by atoms with E-state index >= 15 is 0 Å². The second kappa shape index (κ2) is 4.60. The van der Waals surface area contributed by atoms with Gasteiger partial charge in [-0.15, -0.1) is 0 Å². The van der Waals surface area contributed by atoms with E-state index in [4.69, 9.17) is 4.98 Å². The molecule has 16 heavy (non-hydrogen) atoms. The molecular formula is C14H18N2. The number of aryl methyl sites for hydroxylation is 3. The molecule has 1 aromatic carbocycles. The van der Waals surface area contributed by atoms with E-state index in [2.05, 4.69) is 44.0 Å². The molecule has 0 amide bonds. The number of nitrogens with zero attached hydrogens (tertiary/aromatic N) is 2. The highest BCUT2D eigenvalue weighted by atomic mass is 14.8. The smallest absolute Gasteiger partial charge is 0.0892 e. The topological polar surface area (TPSA) is 25.8 Å².